The highest BCUT2D eigenvalue weighted by Crippen LogP contribution is 2.36. The maximum absolute atomic E-state index is 5.63. The Morgan fingerprint density at radius 1 is 1.04 bits per heavy atom. The van der Waals surface area contributed by atoms with Crippen LogP contribution in [-0.2, 0) is 6.54 Å². The van der Waals surface area contributed by atoms with Gasteiger partial charge in [-0.05, 0) is 48.9 Å². The van der Waals surface area contributed by atoms with Crippen molar-refractivity contribution >= 4 is 11.0 Å². The molecule has 0 N–H and O–H groups in total. The van der Waals surface area contributed by atoms with Gasteiger partial charge in [0.2, 0.25) is 0 Å². The third-order valence-electron chi connectivity index (χ3n) is 5.49. The van der Waals surface area contributed by atoms with Gasteiger partial charge in [0, 0.05) is 42.4 Å². The van der Waals surface area contributed by atoms with Crippen LogP contribution in [0.4, 0.5) is 0 Å². The van der Waals surface area contributed by atoms with Crippen LogP contribution in [0.15, 0.2) is 65.5 Å². The van der Waals surface area contributed by atoms with Gasteiger partial charge in [-0.3, -0.25) is 9.97 Å². The van der Waals surface area contributed by atoms with Gasteiger partial charge in [0.15, 0.2) is 0 Å². The Bertz CT molecular complexity index is 1130. The molecule has 0 saturated heterocycles. The van der Waals surface area contributed by atoms with Crippen molar-refractivity contribution in [3.8, 4) is 11.3 Å². The second-order valence-electron chi connectivity index (χ2n) is 7.37. The van der Waals surface area contributed by atoms with E-state index in [2.05, 4.69) is 58.3 Å². The van der Waals surface area contributed by atoms with Crippen LogP contribution in [0.5, 0.6) is 0 Å². The number of rotatable bonds is 2. The zero-order valence-corrected chi connectivity index (χ0v) is 15.5. The van der Waals surface area contributed by atoms with E-state index in [0.717, 1.165) is 41.0 Å². The van der Waals surface area contributed by atoms with E-state index in [9.17, 15) is 0 Å². The Balaban J connectivity index is 1.60. The molecule has 0 saturated carbocycles. The molecule has 0 fully saturated rings. The summed E-state index contributed by atoms with van der Waals surface area (Å²) in [6.45, 7) is 3.96. The fraction of sp³-hybridized carbons (Fsp3) is 0.217. The predicted molar refractivity (Wildman–Crippen MR) is 107 cm³/mol. The summed E-state index contributed by atoms with van der Waals surface area (Å²) in [5.74, 6) is 0.338. The quantitative estimate of drug-likeness (QED) is 0.519. The molecule has 0 radical (unpaired) electrons. The van der Waals surface area contributed by atoms with E-state index >= 15 is 0 Å². The molecular weight excluding hydrogens is 334 g/mol. The van der Waals surface area contributed by atoms with Crippen molar-refractivity contribution in [3.63, 3.8) is 0 Å². The van der Waals surface area contributed by atoms with E-state index in [1.54, 1.807) is 18.7 Å². The van der Waals surface area contributed by atoms with Gasteiger partial charge in [-0.15, -0.1) is 0 Å². The highest BCUT2D eigenvalue weighted by molar-refractivity contribution is 5.78. The van der Waals surface area contributed by atoms with Gasteiger partial charge in [-0.1, -0.05) is 24.3 Å². The standard InChI is InChI=1S/C23H21N3O/c1-15-23(25-9-8-24-15)18-5-6-20-19(11-18)13-26(2)14-21(20)17-4-3-16-7-10-27-22(16)12-17/h3-12,21H,13-14H2,1-2H3. The summed E-state index contributed by atoms with van der Waals surface area (Å²) in [6, 6.07) is 15.3. The summed E-state index contributed by atoms with van der Waals surface area (Å²) in [4.78, 5) is 11.3. The summed E-state index contributed by atoms with van der Waals surface area (Å²) in [5, 5.41) is 1.15. The van der Waals surface area contributed by atoms with Crippen molar-refractivity contribution in [2.75, 3.05) is 13.6 Å². The van der Waals surface area contributed by atoms with E-state index in [-0.39, 0.29) is 0 Å². The zero-order valence-electron chi connectivity index (χ0n) is 15.5. The highest BCUT2D eigenvalue weighted by Gasteiger charge is 2.25. The minimum Gasteiger partial charge on any atom is -0.464 e. The Morgan fingerprint density at radius 2 is 1.93 bits per heavy atom. The van der Waals surface area contributed by atoms with Crippen LogP contribution in [-0.4, -0.2) is 28.5 Å². The summed E-state index contributed by atoms with van der Waals surface area (Å²) in [6.07, 6.45) is 5.26. The van der Waals surface area contributed by atoms with Crippen molar-refractivity contribution < 1.29 is 4.42 Å². The number of hydrogen-bond acceptors (Lipinski definition) is 4. The SMILES string of the molecule is Cc1nccnc1-c1ccc2c(c1)CN(C)CC2c1ccc2ccoc2c1. The molecule has 1 aliphatic heterocycles. The summed E-state index contributed by atoms with van der Waals surface area (Å²) in [7, 11) is 2.18. The minimum absolute atomic E-state index is 0.338. The Kier molecular flexibility index (Phi) is 3.80. The molecule has 0 spiro atoms. The minimum atomic E-state index is 0.338. The van der Waals surface area contributed by atoms with Crippen molar-refractivity contribution in [2.24, 2.45) is 0 Å². The lowest BCUT2D eigenvalue weighted by molar-refractivity contribution is 0.295. The first kappa shape index (κ1) is 16.2. The van der Waals surface area contributed by atoms with Gasteiger partial charge in [0.25, 0.3) is 0 Å². The lowest BCUT2D eigenvalue weighted by Gasteiger charge is -2.33. The molecule has 4 heteroatoms. The van der Waals surface area contributed by atoms with E-state index in [0.29, 0.717) is 5.92 Å². The fourth-order valence-corrected chi connectivity index (χ4v) is 4.16. The lowest BCUT2D eigenvalue weighted by atomic mass is 9.83. The van der Waals surface area contributed by atoms with Crippen LogP contribution < -0.4 is 0 Å². The molecule has 1 unspecified atom stereocenters. The molecule has 134 valence electrons. The summed E-state index contributed by atoms with van der Waals surface area (Å²) < 4.78 is 5.63. The number of aryl methyl sites for hydroxylation is 1. The average Bonchev–Trinajstić information content (AvgIpc) is 3.15. The predicted octanol–water partition coefficient (Wildman–Crippen LogP) is 4.78. The average molecular weight is 355 g/mol. The maximum atomic E-state index is 5.63. The molecule has 3 heterocycles. The molecule has 0 aliphatic carbocycles. The number of nitrogens with zero attached hydrogens (tertiary/aromatic N) is 3. The molecule has 0 bridgehead atoms. The van der Waals surface area contributed by atoms with E-state index < -0.39 is 0 Å². The molecule has 1 atom stereocenters. The van der Waals surface area contributed by atoms with Gasteiger partial charge in [-0.2, -0.15) is 0 Å². The third-order valence-corrected chi connectivity index (χ3v) is 5.49. The molecule has 1 aliphatic rings. The molecule has 5 rings (SSSR count). The number of likely N-dealkylation sites (N-methyl/N-ethyl adjacent to an activating group) is 1. The number of furan rings is 1. The number of hydrogen-bond donors (Lipinski definition) is 0. The Labute approximate surface area is 158 Å². The second kappa shape index (κ2) is 6.32. The molecule has 0 amide bonds. The molecule has 4 nitrogen and oxygen atoms in total. The van der Waals surface area contributed by atoms with Crippen molar-refractivity contribution in [1.82, 2.24) is 14.9 Å². The molecule has 4 aromatic rings. The van der Waals surface area contributed by atoms with Crippen LogP contribution in [0.2, 0.25) is 0 Å². The first-order chi connectivity index (χ1) is 13.2. The first-order valence-corrected chi connectivity index (χ1v) is 9.25. The Morgan fingerprint density at radius 3 is 2.81 bits per heavy atom. The van der Waals surface area contributed by atoms with Crippen LogP contribution in [0.3, 0.4) is 0 Å². The normalized spacial score (nSPS) is 17.2. The molecule has 2 aromatic heterocycles. The van der Waals surface area contributed by atoms with Crippen LogP contribution in [0.25, 0.3) is 22.2 Å². The number of benzene rings is 2. The van der Waals surface area contributed by atoms with Crippen LogP contribution >= 0.6 is 0 Å². The largest absolute Gasteiger partial charge is 0.464 e. The molecule has 27 heavy (non-hydrogen) atoms. The topological polar surface area (TPSA) is 42.2 Å². The first-order valence-electron chi connectivity index (χ1n) is 9.25. The van der Waals surface area contributed by atoms with E-state index in [1.165, 1.54) is 16.7 Å². The van der Waals surface area contributed by atoms with Gasteiger partial charge in [-0.25, -0.2) is 0 Å². The van der Waals surface area contributed by atoms with Gasteiger partial charge in [0.05, 0.1) is 17.7 Å². The van der Waals surface area contributed by atoms with Gasteiger partial charge < -0.3 is 9.32 Å². The maximum Gasteiger partial charge on any atom is 0.134 e. The van der Waals surface area contributed by atoms with E-state index in [1.807, 2.05) is 13.0 Å². The number of fused-ring (bicyclic) bond motifs is 2. The summed E-state index contributed by atoms with van der Waals surface area (Å²) in [5.41, 5.74) is 8.06. The van der Waals surface area contributed by atoms with Gasteiger partial charge >= 0.3 is 0 Å². The van der Waals surface area contributed by atoms with E-state index in [4.69, 9.17) is 4.42 Å². The van der Waals surface area contributed by atoms with Crippen LogP contribution in [0.1, 0.15) is 28.3 Å². The monoisotopic (exact) mass is 355 g/mol. The zero-order chi connectivity index (χ0) is 18.4. The lowest BCUT2D eigenvalue weighted by Crippen LogP contribution is -2.31. The van der Waals surface area contributed by atoms with Crippen molar-refractivity contribution in [3.05, 3.63) is 83.5 Å². The third kappa shape index (κ3) is 2.82. The fourth-order valence-electron chi connectivity index (χ4n) is 4.16. The second-order valence-corrected chi connectivity index (χ2v) is 7.37. The highest BCUT2D eigenvalue weighted by atomic mass is 16.3. The van der Waals surface area contributed by atoms with Crippen LogP contribution in [0, 0.1) is 6.92 Å². The van der Waals surface area contributed by atoms with Gasteiger partial charge in [0.1, 0.15) is 5.58 Å². The molecule has 2 aromatic carbocycles. The Hall–Kier alpha value is -2.98. The number of aromatic nitrogens is 2. The van der Waals surface area contributed by atoms with Crippen molar-refractivity contribution in [1.29, 1.82) is 0 Å². The smallest absolute Gasteiger partial charge is 0.134 e. The van der Waals surface area contributed by atoms with Crippen molar-refractivity contribution in [2.45, 2.75) is 19.4 Å². The molecular formula is C23H21N3O. The summed E-state index contributed by atoms with van der Waals surface area (Å²) >= 11 is 0.